The summed E-state index contributed by atoms with van der Waals surface area (Å²) in [4.78, 5) is 14.6. The van der Waals surface area contributed by atoms with Crippen LogP contribution in [0.25, 0.3) is 11.3 Å². The first-order valence-corrected chi connectivity index (χ1v) is 5.96. The highest BCUT2D eigenvalue weighted by Crippen LogP contribution is 2.35. The molecule has 1 N–H and O–H groups in total. The van der Waals surface area contributed by atoms with Gasteiger partial charge in [0, 0.05) is 28.4 Å². The number of nitrogens with one attached hydrogen (secondary N) is 1. The largest absolute Gasteiger partial charge is 0.361 e. The lowest BCUT2D eigenvalue weighted by molar-refractivity contribution is 1.24. The Labute approximate surface area is 113 Å². The van der Waals surface area contributed by atoms with Crippen LogP contribution < -0.4 is 5.43 Å². The molecule has 2 aromatic rings. The van der Waals surface area contributed by atoms with Gasteiger partial charge in [0.05, 0.1) is 15.7 Å². The van der Waals surface area contributed by atoms with Crippen molar-refractivity contribution in [3.05, 3.63) is 55.3 Å². The van der Waals surface area contributed by atoms with Crippen molar-refractivity contribution in [2.24, 2.45) is 0 Å². The predicted molar refractivity (Wildman–Crippen MR) is 72.3 cm³/mol. The van der Waals surface area contributed by atoms with Gasteiger partial charge in [0.2, 0.25) is 0 Å². The molecule has 2 nitrogen and oxygen atoms in total. The molecule has 0 bridgehead atoms. The number of hydrogen-bond donors (Lipinski definition) is 1. The number of halogens is 3. The smallest absolute Gasteiger partial charge is 0.185 e. The van der Waals surface area contributed by atoms with Gasteiger partial charge in [0.15, 0.2) is 5.43 Å². The minimum atomic E-state index is -0.0687. The zero-order chi connectivity index (χ0) is 12.6. The lowest BCUT2D eigenvalue weighted by Gasteiger charge is -2.08. The number of aromatic nitrogens is 1. The molecule has 0 fully saturated rings. The summed E-state index contributed by atoms with van der Waals surface area (Å²) in [6.07, 6.45) is 1.62. The zero-order valence-corrected chi connectivity index (χ0v) is 11.1. The Morgan fingerprint density at radius 2 is 1.65 bits per heavy atom. The van der Waals surface area contributed by atoms with Crippen LogP contribution in [0.2, 0.25) is 15.1 Å². The van der Waals surface area contributed by atoms with Gasteiger partial charge in [0.1, 0.15) is 0 Å². The van der Waals surface area contributed by atoms with Crippen molar-refractivity contribution >= 4 is 34.8 Å². The molecule has 0 atom stereocenters. The summed E-state index contributed by atoms with van der Waals surface area (Å²) in [5.74, 6) is 0. The Hall–Kier alpha value is -0.960. The molecule has 2 rings (SSSR count). The fourth-order valence-corrected chi connectivity index (χ4v) is 2.51. The summed E-state index contributed by atoms with van der Waals surface area (Å²) >= 11 is 18.0. The Bertz CT molecular complexity index is 611. The summed E-state index contributed by atoms with van der Waals surface area (Å²) in [5.41, 5.74) is 1.72. The molecular formula is C12H8Cl3NO. The minimum Gasteiger partial charge on any atom is -0.361 e. The molecule has 88 valence electrons. The number of aryl methyl sites for hydroxylation is 1. The van der Waals surface area contributed by atoms with Crippen molar-refractivity contribution in [1.82, 2.24) is 4.98 Å². The number of pyridine rings is 1. The van der Waals surface area contributed by atoms with Crippen molar-refractivity contribution in [3.63, 3.8) is 0 Å². The number of aromatic amines is 1. The maximum atomic E-state index is 11.6. The highest BCUT2D eigenvalue weighted by atomic mass is 35.5. The van der Waals surface area contributed by atoms with Gasteiger partial charge in [-0.3, -0.25) is 4.79 Å². The van der Waals surface area contributed by atoms with Crippen molar-refractivity contribution in [2.45, 2.75) is 6.92 Å². The zero-order valence-electron chi connectivity index (χ0n) is 8.85. The van der Waals surface area contributed by atoms with Crippen LogP contribution in [0.5, 0.6) is 0 Å². The highest BCUT2D eigenvalue weighted by Gasteiger charge is 2.11. The van der Waals surface area contributed by atoms with Crippen molar-refractivity contribution in [2.75, 3.05) is 0 Å². The molecule has 0 saturated heterocycles. The Morgan fingerprint density at radius 3 is 2.18 bits per heavy atom. The van der Waals surface area contributed by atoms with E-state index in [2.05, 4.69) is 4.98 Å². The maximum Gasteiger partial charge on any atom is 0.185 e. The predicted octanol–water partition coefficient (Wildman–Crippen LogP) is 4.31. The SMILES string of the molecule is Cc1c[nH]c(-c2c(Cl)cc(Cl)cc2Cl)cc1=O. The molecule has 0 amide bonds. The fraction of sp³-hybridized carbons (Fsp3) is 0.0833. The van der Waals surface area contributed by atoms with Crippen LogP contribution in [0.3, 0.4) is 0 Å². The van der Waals surface area contributed by atoms with Gasteiger partial charge >= 0.3 is 0 Å². The summed E-state index contributed by atoms with van der Waals surface area (Å²) < 4.78 is 0. The van der Waals surface area contributed by atoms with Crippen molar-refractivity contribution in [3.8, 4) is 11.3 Å². The van der Waals surface area contributed by atoms with E-state index in [-0.39, 0.29) is 5.43 Å². The van der Waals surface area contributed by atoms with E-state index in [0.717, 1.165) is 0 Å². The molecule has 5 heteroatoms. The van der Waals surface area contributed by atoms with Crippen LogP contribution >= 0.6 is 34.8 Å². The van der Waals surface area contributed by atoms with Crippen LogP contribution in [-0.2, 0) is 0 Å². The first kappa shape index (κ1) is 12.5. The average Bonchev–Trinajstić information content (AvgIpc) is 2.21. The number of rotatable bonds is 1. The molecule has 0 aliphatic rings. The van der Waals surface area contributed by atoms with E-state index in [1.807, 2.05) is 0 Å². The second-order valence-electron chi connectivity index (χ2n) is 3.64. The van der Waals surface area contributed by atoms with Crippen LogP contribution in [0.15, 0.2) is 29.2 Å². The lowest BCUT2D eigenvalue weighted by Crippen LogP contribution is -2.04. The number of benzene rings is 1. The van der Waals surface area contributed by atoms with Crippen LogP contribution in [0, 0.1) is 6.92 Å². The third-order valence-corrected chi connectivity index (χ3v) is 3.20. The molecule has 0 aliphatic heterocycles. The second-order valence-corrected chi connectivity index (χ2v) is 4.89. The highest BCUT2D eigenvalue weighted by molar-refractivity contribution is 6.41. The quantitative estimate of drug-likeness (QED) is 0.833. The average molecular weight is 289 g/mol. The number of hydrogen-bond acceptors (Lipinski definition) is 1. The second kappa shape index (κ2) is 4.73. The molecule has 0 unspecified atom stereocenters. The molecule has 0 aliphatic carbocycles. The summed E-state index contributed by atoms with van der Waals surface area (Å²) in [5, 5.41) is 1.27. The van der Waals surface area contributed by atoms with E-state index in [1.54, 1.807) is 25.3 Å². The third kappa shape index (κ3) is 2.49. The first-order valence-electron chi connectivity index (χ1n) is 4.83. The first-order chi connectivity index (χ1) is 7.99. The minimum absolute atomic E-state index is 0.0687. The van der Waals surface area contributed by atoms with Crippen molar-refractivity contribution in [1.29, 1.82) is 0 Å². The van der Waals surface area contributed by atoms with Gasteiger partial charge < -0.3 is 4.98 Å². The Morgan fingerprint density at radius 1 is 1.06 bits per heavy atom. The Balaban J connectivity index is 2.68. The molecule has 1 aromatic heterocycles. The van der Waals surface area contributed by atoms with Crippen LogP contribution in [0.1, 0.15) is 5.56 Å². The molecule has 0 radical (unpaired) electrons. The van der Waals surface area contributed by atoms with E-state index in [0.29, 0.717) is 31.9 Å². The van der Waals surface area contributed by atoms with Gasteiger partial charge in [0.25, 0.3) is 0 Å². The molecule has 1 aromatic carbocycles. The van der Waals surface area contributed by atoms with E-state index >= 15 is 0 Å². The summed E-state index contributed by atoms with van der Waals surface area (Å²) in [6.45, 7) is 1.73. The molecular weight excluding hydrogens is 280 g/mol. The summed E-state index contributed by atoms with van der Waals surface area (Å²) in [6, 6.07) is 4.64. The molecule has 0 saturated carbocycles. The van der Waals surface area contributed by atoms with E-state index in [9.17, 15) is 4.79 Å². The van der Waals surface area contributed by atoms with Crippen LogP contribution in [-0.4, -0.2) is 4.98 Å². The summed E-state index contributed by atoms with van der Waals surface area (Å²) in [7, 11) is 0. The molecule has 17 heavy (non-hydrogen) atoms. The van der Waals surface area contributed by atoms with Gasteiger partial charge in [-0.05, 0) is 19.1 Å². The standard InChI is InChI=1S/C12H8Cl3NO/c1-6-5-16-10(4-11(6)17)12-8(14)2-7(13)3-9(12)15/h2-5H,1H3,(H,16,17). The van der Waals surface area contributed by atoms with Crippen molar-refractivity contribution < 1.29 is 0 Å². The normalized spacial score (nSPS) is 10.6. The fourth-order valence-electron chi connectivity index (χ4n) is 1.49. The maximum absolute atomic E-state index is 11.6. The third-order valence-electron chi connectivity index (χ3n) is 2.38. The lowest BCUT2D eigenvalue weighted by atomic mass is 10.1. The number of H-pyrrole nitrogens is 1. The van der Waals surface area contributed by atoms with Gasteiger partial charge in [-0.15, -0.1) is 0 Å². The molecule has 0 spiro atoms. The monoisotopic (exact) mass is 287 g/mol. The van der Waals surface area contributed by atoms with E-state index < -0.39 is 0 Å². The van der Waals surface area contributed by atoms with E-state index in [1.165, 1.54) is 6.07 Å². The van der Waals surface area contributed by atoms with E-state index in [4.69, 9.17) is 34.8 Å². The Kier molecular flexibility index (Phi) is 3.48. The van der Waals surface area contributed by atoms with Gasteiger partial charge in [-0.2, -0.15) is 0 Å². The van der Waals surface area contributed by atoms with Gasteiger partial charge in [-0.25, -0.2) is 0 Å². The topological polar surface area (TPSA) is 32.9 Å². The molecule has 1 heterocycles. The van der Waals surface area contributed by atoms with Crippen LogP contribution in [0.4, 0.5) is 0 Å². The van der Waals surface area contributed by atoms with Gasteiger partial charge in [-0.1, -0.05) is 34.8 Å².